The molecular formula is C15H21N3O3. The van der Waals surface area contributed by atoms with Gasteiger partial charge in [-0.05, 0) is 30.7 Å². The standard InChI is InChI=1S/C15H21N3O3/c1-3-13-15(20)18(9-8-16-13)10-14(19)17-11-4-6-12(21-2)7-5-11/h4-7,13,16H,3,8-10H2,1-2H3,(H,17,19). The quantitative estimate of drug-likeness (QED) is 0.843. The maximum Gasteiger partial charge on any atom is 0.243 e. The molecule has 0 bridgehead atoms. The Balaban J connectivity index is 1.90. The van der Waals surface area contributed by atoms with E-state index in [1.807, 2.05) is 6.92 Å². The summed E-state index contributed by atoms with van der Waals surface area (Å²) >= 11 is 0. The predicted octanol–water partition coefficient (Wildman–Crippen LogP) is 0.844. The summed E-state index contributed by atoms with van der Waals surface area (Å²) < 4.78 is 5.06. The van der Waals surface area contributed by atoms with Crippen LogP contribution >= 0.6 is 0 Å². The Labute approximate surface area is 124 Å². The fourth-order valence-electron chi connectivity index (χ4n) is 2.32. The normalized spacial score (nSPS) is 18.5. The summed E-state index contributed by atoms with van der Waals surface area (Å²) in [7, 11) is 1.59. The van der Waals surface area contributed by atoms with Gasteiger partial charge >= 0.3 is 0 Å². The van der Waals surface area contributed by atoms with Gasteiger partial charge in [-0.25, -0.2) is 0 Å². The lowest BCUT2D eigenvalue weighted by atomic mass is 10.1. The molecule has 1 aliphatic heterocycles. The molecule has 1 fully saturated rings. The fourth-order valence-corrected chi connectivity index (χ4v) is 2.32. The van der Waals surface area contributed by atoms with Gasteiger partial charge in [-0.2, -0.15) is 0 Å². The van der Waals surface area contributed by atoms with Crippen LogP contribution in [0.1, 0.15) is 13.3 Å². The van der Waals surface area contributed by atoms with Crippen molar-refractivity contribution in [1.82, 2.24) is 10.2 Å². The summed E-state index contributed by atoms with van der Waals surface area (Å²) in [5.74, 6) is 0.537. The SMILES string of the molecule is CCC1NCCN(CC(=O)Nc2ccc(OC)cc2)C1=O. The molecule has 0 aromatic heterocycles. The number of piperazine rings is 1. The molecule has 1 aliphatic rings. The van der Waals surface area contributed by atoms with Crippen molar-refractivity contribution >= 4 is 17.5 Å². The average Bonchev–Trinajstić information content (AvgIpc) is 2.50. The molecule has 6 nitrogen and oxygen atoms in total. The molecule has 2 rings (SSSR count). The van der Waals surface area contributed by atoms with Gasteiger partial charge in [0.2, 0.25) is 11.8 Å². The number of anilines is 1. The number of rotatable bonds is 5. The van der Waals surface area contributed by atoms with E-state index in [0.29, 0.717) is 12.2 Å². The van der Waals surface area contributed by atoms with E-state index in [4.69, 9.17) is 4.74 Å². The molecule has 1 atom stereocenters. The third kappa shape index (κ3) is 3.95. The van der Waals surface area contributed by atoms with E-state index >= 15 is 0 Å². The Kier molecular flexibility index (Phi) is 5.16. The third-order valence-electron chi connectivity index (χ3n) is 3.50. The lowest BCUT2D eigenvalue weighted by Gasteiger charge is -2.32. The van der Waals surface area contributed by atoms with Gasteiger partial charge in [0.1, 0.15) is 5.75 Å². The second-order valence-corrected chi connectivity index (χ2v) is 4.95. The number of carbonyl (C=O) groups is 2. The minimum absolute atomic E-state index is 0.00590. The van der Waals surface area contributed by atoms with Crippen LogP contribution in [0.15, 0.2) is 24.3 Å². The zero-order valence-electron chi connectivity index (χ0n) is 12.4. The molecule has 2 amide bonds. The molecule has 0 saturated carbocycles. The van der Waals surface area contributed by atoms with Crippen LogP contribution in [0.2, 0.25) is 0 Å². The Morgan fingerprint density at radius 3 is 2.76 bits per heavy atom. The summed E-state index contributed by atoms with van der Waals surface area (Å²) in [4.78, 5) is 25.7. The minimum Gasteiger partial charge on any atom is -0.497 e. The topological polar surface area (TPSA) is 70.7 Å². The molecule has 0 spiro atoms. The minimum atomic E-state index is -0.190. The number of carbonyl (C=O) groups excluding carboxylic acids is 2. The van der Waals surface area contributed by atoms with E-state index in [2.05, 4.69) is 10.6 Å². The van der Waals surface area contributed by atoms with Crippen molar-refractivity contribution in [3.8, 4) is 5.75 Å². The third-order valence-corrected chi connectivity index (χ3v) is 3.50. The molecule has 1 unspecified atom stereocenters. The first-order valence-corrected chi connectivity index (χ1v) is 7.10. The molecular weight excluding hydrogens is 270 g/mol. The number of ether oxygens (including phenoxy) is 1. The lowest BCUT2D eigenvalue weighted by molar-refractivity contribution is -0.138. The molecule has 1 heterocycles. The molecule has 21 heavy (non-hydrogen) atoms. The van der Waals surface area contributed by atoms with Gasteiger partial charge < -0.3 is 20.3 Å². The first-order chi connectivity index (χ1) is 10.1. The monoisotopic (exact) mass is 291 g/mol. The van der Waals surface area contributed by atoms with Crippen molar-refractivity contribution in [3.05, 3.63) is 24.3 Å². The van der Waals surface area contributed by atoms with E-state index in [9.17, 15) is 9.59 Å². The van der Waals surface area contributed by atoms with Crippen molar-refractivity contribution in [2.45, 2.75) is 19.4 Å². The number of nitrogens with one attached hydrogen (secondary N) is 2. The average molecular weight is 291 g/mol. The molecule has 114 valence electrons. The summed E-state index contributed by atoms with van der Waals surface area (Å²) in [5, 5.41) is 5.93. The van der Waals surface area contributed by atoms with E-state index < -0.39 is 0 Å². The molecule has 2 N–H and O–H groups in total. The Hall–Kier alpha value is -2.08. The molecule has 1 aromatic carbocycles. The van der Waals surface area contributed by atoms with Crippen molar-refractivity contribution in [3.63, 3.8) is 0 Å². The van der Waals surface area contributed by atoms with Gasteiger partial charge in [0.15, 0.2) is 0 Å². The predicted molar refractivity (Wildman–Crippen MR) is 80.3 cm³/mol. The maximum absolute atomic E-state index is 12.1. The molecule has 0 radical (unpaired) electrons. The van der Waals surface area contributed by atoms with Gasteiger partial charge in [0.25, 0.3) is 0 Å². The number of amides is 2. The van der Waals surface area contributed by atoms with Crippen molar-refractivity contribution in [2.75, 3.05) is 32.1 Å². The fraction of sp³-hybridized carbons (Fsp3) is 0.467. The maximum atomic E-state index is 12.1. The lowest BCUT2D eigenvalue weighted by Crippen LogP contribution is -2.56. The Bertz CT molecular complexity index is 501. The van der Waals surface area contributed by atoms with Crippen LogP contribution in [0.25, 0.3) is 0 Å². The number of benzene rings is 1. The van der Waals surface area contributed by atoms with Crippen LogP contribution in [0, 0.1) is 0 Å². The second-order valence-electron chi connectivity index (χ2n) is 4.95. The first-order valence-electron chi connectivity index (χ1n) is 7.10. The van der Waals surface area contributed by atoms with Crippen LogP contribution in [-0.4, -0.2) is 49.5 Å². The highest BCUT2D eigenvalue weighted by molar-refractivity contribution is 5.95. The number of hydrogen-bond donors (Lipinski definition) is 2. The Morgan fingerprint density at radius 1 is 1.43 bits per heavy atom. The van der Waals surface area contributed by atoms with E-state index in [0.717, 1.165) is 18.7 Å². The highest BCUT2D eigenvalue weighted by Gasteiger charge is 2.27. The van der Waals surface area contributed by atoms with Gasteiger partial charge in [-0.3, -0.25) is 9.59 Å². The summed E-state index contributed by atoms with van der Waals surface area (Å²) in [5.41, 5.74) is 0.690. The Morgan fingerprint density at radius 2 is 2.14 bits per heavy atom. The van der Waals surface area contributed by atoms with Crippen molar-refractivity contribution in [1.29, 1.82) is 0 Å². The number of methoxy groups -OCH3 is 1. The van der Waals surface area contributed by atoms with Crippen LogP contribution < -0.4 is 15.4 Å². The summed E-state index contributed by atoms with van der Waals surface area (Å²) in [6.07, 6.45) is 0.732. The number of hydrogen-bond acceptors (Lipinski definition) is 4. The van der Waals surface area contributed by atoms with Crippen molar-refractivity contribution < 1.29 is 14.3 Å². The smallest absolute Gasteiger partial charge is 0.243 e. The van der Waals surface area contributed by atoms with Crippen LogP contribution in [0.5, 0.6) is 5.75 Å². The van der Waals surface area contributed by atoms with E-state index in [-0.39, 0.29) is 24.4 Å². The summed E-state index contributed by atoms with van der Waals surface area (Å²) in [6.45, 7) is 3.32. The first kappa shape index (κ1) is 15.3. The second kappa shape index (κ2) is 7.08. The van der Waals surface area contributed by atoms with Crippen LogP contribution in [0.4, 0.5) is 5.69 Å². The summed E-state index contributed by atoms with van der Waals surface area (Å²) in [6, 6.07) is 6.92. The molecule has 1 aromatic rings. The van der Waals surface area contributed by atoms with Crippen molar-refractivity contribution in [2.24, 2.45) is 0 Å². The highest BCUT2D eigenvalue weighted by atomic mass is 16.5. The molecule has 0 aliphatic carbocycles. The molecule has 1 saturated heterocycles. The zero-order chi connectivity index (χ0) is 15.2. The van der Waals surface area contributed by atoms with Gasteiger partial charge in [-0.1, -0.05) is 6.92 Å². The van der Waals surface area contributed by atoms with E-state index in [1.165, 1.54) is 0 Å². The van der Waals surface area contributed by atoms with Gasteiger partial charge in [0.05, 0.1) is 19.7 Å². The van der Waals surface area contributed by atoms with Crippen LogP contribution in [-0.2, 0) is 9.59 Å². The highest BCUT2D eigenvalue weighted by Crippen LogP contribution is 2.15. The van der Waals surface area contributed by atoms with E-state index in [1.54, 1.807) is 36.3 Å². The van der Waals surface area contributed by atoms with Gasteiger partial charge in [-0.15, -0.1) is 0 Å². The zero-order valence-corrected chi connectivity index (χ0v) is 12.4. The largest absolute Gasteiger partial charge is 0.497 e. The van der Waals surface area contributed by atoms with Crippen LogP contribution in [0.3, 0.4) is 0 Å². The van der Waals surface area contributed by atoms with Gasteiger partial charge in [0, 0.05) is 18.8 Å². The molecule has 6 heteroatoms. The number of nitrogens with zero attached hydrogens (tertiary/aromatic N) is 1.